The van der Waals surface area contributed by atoms with Gasteiger partial charge in [-0.3, -0.25) is 9.78 Å². The van der Waals surface area contributed by atoms with Crippen LogP contribution in [-0.4, -0.2) is 35.0 Å². The van der Waals surface area contributed by atoms with Crippen molar-refractivity contribution < 1.29 is 4.79 Å². The Morgan fingerprint density at radius 2 is 1.82 bits per heavy atom. The predicted octanol–water partition coefficient (Wildman–Crippen LogP) is 3.71. The van der Waals surface area contributed by atoms with Crippen LogP contribution in [0, 0.1) is 17.8 Å². The molecule has 2 aromatic rings. The highest BCUT2D eigenvalue weighted by atomic mass is 16.1. The second-order valence-corrected chi connectivity index (χ2v) is 11.0. The lowest BCUT2D eigenvalue weighted by atomic mass is 9.49. The van der Waals surface area contributed by atoms with E-state index in [9.17, 15) is 4.79 Å². The summed E-state index contributed by atoms with van der Waals surface area (Å²) in [4.78, 5) is 24.8. The van der Waals surface area contributed by atoms with E-state index in [1.807, 2.05) is 12.1 Å². The Morgan fingerprint density at radius 3 is 2.52 bits per heavy atom. The van der Waals surface area contributed by atoms with Crippen molar-refractivity contribution in [1.29, 1.82) is 0 Å². The lowest BCUT2D eigenvalue weighted by Gasteiger charge is -2.56. The smallest absolute Gasteiger partial charge is 0.276 e. The van der Waals surface area contributed by atoms with Gasteiger partial charge in [-0.05, 0) is 87.3 Å². The number of hydrogen-bond acceptors (Lipinski definition) is 6. The van der Waals surface area contributed by atoms with Crippen LogP contribution in [0.25, 0.3) is 0 Å². The summed E-state index contributed by atoms with van der Waals surface area (Å²) in [5.41, 5.74) is 16.0. The van der Waals surface area contributed by atoms with Gasteiger partial charge >= 0.3 is 0 Å². The number of pyridine rings is 2. The molecule has 4 saturated carbocycles. The Hall–Kier alpha value is -2.67. The third-order valence-corrected chi connectivity index (χ3v) is 8.57. The van der Waals surface area contributed by atoms with Crippen molar-refractivity contribution in [2.75, 3.05) is 29.0 Å². The molecule has 33 heavy (non-hydrogen) atoms. The molecule has 0 radical (unpaired) electrons. The normalized spacial score (nSPS) is 32.7. The third kappa shape index (κ3) is 3.76. The number of amides is 1. The Morgan fingerprint density at radius 1 is 1.09 bits per heavy atom. The summed E-state index contributed by atoms with van der Waals surface area (Å²) in [5, 5.41) is 3.05. The number of anilines is 3. The molecule has 7 heteroatoms. The SMILES string of the molecule is Nc1ccc(C23CC4CC(CC(C4)C2)C3)nc1C(=O)Nc1cnccc1N1CCCC(N)C1. The van der Waals surface area contributed by atoms with E-state index in [0.29, 0.717) is 17.1 Å². The maximum absolute atomic E-state index is 13.4. The van der Waals surface area contributed by atoms with Crippen LogP contribution in [0.3, 0.4) is 0 Å². The van der Waals surface area contributed by atoms with Crippen molar-refractivity contribution in [2.24, 2.45) is 23.5 Å². The number of nitrogens with zero attached hydrogens (tertiary/aromatic N) is 3. The molecule has 2 aromatic heterocycles. The molecule has 1 unspecified atom stereocenters. The zero-order valence-electron chi connectivity index (χ0n) is 19.2. The van der Waals surface area contributed by atoms with Crippen LogP contribution in [0.1, 0.15) is 67.5 Å². The number of carbonyl (C=O) groups is 1. The first-order chi connectivity index (χ1) is 16.0. The first-order valence-corrected chi connectivity index (χ1v) is 12.5. The van der Waals surface area contributed by atoms with E-state index < -0.39 is 0 Å². The highest BCUT2D eigenvalue weighted by Crippen LogP contribution is 2.60. The van der Waals surface area contributed by atoms with Crippen molar-refractivity contribution >= 4 is 23.0 Å². The predicted molar refractivity (Wildman–Crippen MR) is 130 cm³/mol. The molecule has 1 amide bonds. The van der Waals surface area contributed by atoms with E-state index in [1.54, 1.807) is 12.4 Å². The van der Waals surface area contributed by atoms with E-state index in [0.717, 1.165) is 55.1 Å². The maximum Gasteiger partial charge on any atom is 0.276 e. The van der Waals surface area contributed by atoms with Gasteiger partial charge in [0.1, 0.15) is 0 Å². The summed E-state index contributed by atoms with van der Waals surface area (Å²) < 4.78 is 0. The standard InChI is InChI=1S/C26H34N6O/c27-19-2-1-7-32(15-19)22-5-6-29-14-21(22)30-25(33)24-20(28)3-4-23(31-24)26-11-16-8-17(12-26)10-18(9-16)13-26/h3-6,14,16-19H,1-2,7-13,15,27-28H2,(H,30,33). The number of nitrogens with two attached hydrogens (primary N) is 2. The molecule has 5 aliphatic rings. The largest absolute Gasteiger partial charge is 0.397 e. The van der Waals surface area contributed by atoms with Crippen LogP contribution in [-0.2, 0) is 5.41 Å². The van der Waals surface area contributed by atoms with Gasteiger partial charge in [0.2, 0.25) is 0 Å². The summed E-state index contributed by atoms with van der Waals surface area (Å²) in [6.07, 6.45) is 13.3. The zero-order chi connectivity index (χ0) is 22.6. The molecule has 1 atom stereocenters. The Balaban J connectivity index is 1.27. The highest BCUT2D eigenvalue weighted by Gasteiger charge is 2.52. The first-order valence-electron chi connectivity index (χ1n) is 12.5. The molecule has 1 aliphatic heterocycles. The lowest BCUT2D eigenvalue weighted by molar-refractivity contribution is -0.00723. The Labute approximate surface area is 195 Å². The molecule has 4 bridgehead atoms. The van der Waals surface area contributed by atoms with Crippen molar-refractivity contribution in [3.8, 4) is 0 Å². The number of carbonyl (C=O) groups excluding carboxylic acids is 1. The fraction of sp³-hybridized carbons (Fsp3) is 0.577. The molecule has 3 heterocycles. The average molecular weight is 447 g/mol. The summed E-state index contributed by atoms with van der Waals surface area (Å²) >= 11 is 0. The van der Waals surface area contributed by atoms with E-state index in [2.05, 4.69) is 21.3 Å². The van der Waals surface area contributed by atoms with Gasteiger partial charge in [0.15, 0.2) is 5.69 Å². The number of rotatable bonds is 4. The van der Waals surface area contributed by atoms with Crippen LogP contribution in [0.4, 0.5) is 17.1 Å². The number of aromatic nitrogens is 2. The van der Waals surface area contributed by atoms with Crippen LogP contribution in [0.5, 0.6) is 0 Å². The van der Waals surface area contributed by atoms with E-state index in [1.165, 1.54) is 38.5 Å². The molecule has 5 fully saturated rings. The lowest BCUT2D eigenvalue weighted by Crippen LogP contribution is -2.49. The Kier molecular flexibility index (Phi) is 5.05. The van der Waals surface area contributed by atoms with Crippen molar-refractivity contribution in [3.05, 3.63) is 42.0 Å². The van der Waals surface area contributed by atoms with Crippen LogP contribution < -0.4 is 21.7 Å². The minimum Gasteiger partial charge on any atom is -0.397 e. The highest BCUT2D eigenvalue weighted by molar-refractivity contribution is 6.07. The summed E-state index contributed by atoms with van der Waals surface area (Å²) in [6, 6.07) is 6.04. The fourth-order valence-electron chi connectivity index (χ4n) is 7.54. The topological polar surface area (TPSA) is 110 Å². The molecular formula is C26H34N6O. The number of nitrogen functional groups attached to an aromatic ring is 1. The van der Waals surface area contributed by atoms with E-state index in [4.69, 9.17) is 16.5 Å². The van der Waals surface area contributed by atoms with Gasteiger partial charge in [-0.25, -0.2) is 4.98 Å². The van der Waals surface area contributed by atoms with Crippen LogP contribution in [0.15, 0.2) is 30.6 Å². The van der Waals surface area contributed by atoms with Gasteiger partial charge in [-0.1, -0.05) is 0 Å². The Bertz CT molecular complexity index is 1030. The zero-order valence-corrected chi connectivity index (χ0v) is 19.2. The minimum absolute atomic E-state index is 0.126. The summed E-state index contributed by atoms with van der Waals surface area (Å²) in [5.74, 6) is 2.19. The minimum atomic E-state index is -0.269. The molecular weight excluding hydrogens is 412 g/mol. The van der Waals surface area contributed by atoms with Gasteiger partial charge in [-0.15, -0.1) is 0 Å². The molecule has 4 aliphatic carbocycles. The van der Waals surface area contributed by atoms with Crippen LogP contribution >= 0.6 is 0 Å². The quantitative estimate of drug-likeness (QED) is 0.660. The van der Waals surface area contributed by atoms with Crippen molar-refractivity contribution in [2.45, 2.75) is 62.8 Å². The molecule has 0 spiro atoms. The molecule has 174 valence electrons. The number of hydrogen-bond donors (Lipinski definition) is 3. The van der Waals surface area contributed by atoms with Crippen LogP contribution in [0.2, 0.25) is 0 Å². The third-order valence-electron chi connectivity index (χ3n) is 8.57. The van der Waals surface area contributed by atoms with Gasteiger partial charge in [0, 0.05) is 36.4 Å². The molecule has 0 aromatic carbocycles. The second kappa shape index (κ2) is 7.97. The monoisotopic (exact) mass is 446 g/mol. The molecule has 7 rings (SSSR count). The molecule has 5 N–H and O–H groups in total. The number of nitrogens with one attached hydrogen (secondary N) is 1. The van der Waals surface area contributed by atoms with Gasteiger partial charge in [-0.2, -0.15) is 0 Å². The van der Waals surface area contributed by atoms with Gasteiger partial charge in [0.05, 0.1) is 23.3 Å². The van der Waals surface area contributed by atoms with Crippen molar-refractivity contribution in [1.82, 2.24) is 9.97 Å². The number of piperidine rings is 1. The summed E-state index contributed by atoms with van der Waals surface area (Å²) in [7, 11) is 0. The first kappa shape index (κ1) is 20.9. The maximum atomic E-state index is 13.4. The van der Waals surface area contributed by atoms with Gasteiger partial charge < -0.3 is 21.7 Å². The van der Waals surface area contributed by atoms with E-state index >= 15 is 0 Å². The fourth-order valence-corrected chi connectivity index (χ4v) is 7.54. The average Bonchev–Trinajstić information content (AvgIpc) is 2.78. The molecule has 1 saturated heterocycles. The van der Waals surface area contributed by atoms with E-state index in [-0.39, 0.29) is 17.4 Å². The van der Waals surface area contributed by atoms with Crippen molar-refractivity contribution in [3.63, 3.8) is 0 Å². The summed E-state index contributed by atoms with van der Waals surface area (Å²) in [6.45, 7) is 1.69. The van der Waals surface area contributed by atoms with Gasteiger partial charge in [0.25, 0.3) is 5.91 Å². The molecule has 7 nitrogen and oxygen atoms in total. The second-order valence-electron chi connectivity index (χ2n) is 11.0.